The lowest BCUT2D eigenvalue weighted by atomic mass is 10.0. The number of thiazole rings is 1. The zero-order valence-corrected chi connectivity index (χ0v) is 27.4. The Bertz CT molecular complexity index is 1320. The summed E-state index contributed by atoms with van der Waals surface area (Å²) >= 11 is 1.44. The molecule has 3 rings (SSSR count). The standard InChI is InChI=1S/C23H24N4O3S2.C5H12.C4H10/c1-15-11-19(8-7-18(15)6-5-17(3)28)21-14-31-23(26-21)25-16(2)12-24-22(29)20-9-10-27(13-20)32(4)30;1-4-5(2)3;1-3-4-2/h5-11,13-14H,2,12H2,1,3-4H3,(H,24,29)(H,25,26);5H,4H2,1-3H3;3-4H2,1-2H3/b6-5-;;. The lowest BCUT2D eigenvalue weighted by Gasteiger charge is -2.08. The predicted octanol–water partition coefficient (Wildman–Crippen LogP) is 7.88. The summed E-state index contributed by atoms with van der Waals surface area (Å²) < 4.78 is 12.9. The van der Waals surface area contributed by atoms with Crippen LogP contribution in [0.2, 0.25) is 0 Å². The Labute approximate surface area is 252 Å². The SMILES string of the molecule is C=C(CNC(=O)c1ccn(S(C)=O)c1)Nc1nc(-c2ccc(/C=C\C(C)=O)c(C)c2)cs1.CCC(C)C.CCCC. The number of anilines is 1. The molecule has 0 radical (unpaired) electrons. The number of unbranched alkanes of at least 4 members (excludes halogenated alkanes) is 1. The Kier molecular flexibility index (Phi) is 16.5. The van der Waals surface area contributed by atoms with Gasteiger partial charge in [0.1, 0.15) is 11.0 Å². The largest absolute Gasteiger partial charge is 0.346 e. The predicted molar refractivity (Wildman–Crippen MR) is 177 cm³/mol. The number of aryl methyl sites for hydroxylation is 1. The van der Waals surface area contributed by atoms with Crippen LogP contribution < -0.4 is 10.6 Å². The maximum Gasteiger partial charge on any atom is 0.253 e. The molecule has 0 bridgehead atoms. The van der Waals surface area contributed by atoms with E-state index in [2.05, 4.69) is 56.8 Å². The van der Waals surface area contributed by atoms with Crippen LogP contribution in [0.1, 0.15) is 82.3 Å². The zero-order chi connectivity index (χ0) is 30.9. The third-order valence-corrected chi connectivity index (χ3v) is 7.43. The maximum atomic E-state index is 12.2. The molecule has 1 unspecified atom stereocenters. The minimum Gasteiger partial charge on any atom is -0.346 e. The number of benzene rings is 1. The summed E-state index contributed by atoms with van der Waals surface area (Å²) in [6.07, 6.45) is 12.0. The van der Waals surface area contributed by atoms with Crippen molar-refractivity contribution in [3.05, 3.63) is 77.1 Å². The molecule has 9 heteroatoms. The van der Waals surface area contributed by atoms with Crippen molar-refractivity contribution in [2.45, 2.75) is 67.7 Å². The van der Waals surface area contributed by atoms with Gasteiger partial charge >= 0.3 is 0 Å². The molecule has 2 heterocycles. The lowest BCUT2D eigenvalue weighted by molar-refractivity contribution is -0.112. The van der Waals surface area contributed by atoms with Gasteiger partial charge in [0, 0.05) is 35.3 Å². The van der Waals surface area contributed by atoms with Crippen molar-refractivity contribution in [3.63, 3.8) is 0 Å². The van der Waals surface area contributed by atoms with E-state index in [0.29, 0.717) is 16.4 Å². The first-order valence-electron chi connectivity index (χ1n) is 13.9. The van der Waals surface area contributed by atoms with E-state index in [4.69, 9.17) is 0 Å². The van der Waals surface area contributed by atoms with Crippen molar-refractivity contribution >= 4 is 45.2 Å². The monoisotopic (exact) mass is 598 g/mol. The van der Waals surface area contributed by atoms with Crippen molar-refractivity contribution in [1.82, 2.24) is 14.3 Å². The number of hydrogen-bond acceptors (Lipinski definition) is 6. The second kappa shape index (κ2) is 18.9. The van der Waals surface area contributed by atoms with Crippen molar-refractivity contribution < 1.29 is 13.8 Å². The van der Waals surface area contributed by atoms with E-state index >= 15 is 0 Å². The molecule has 2 aromatic heterocycles. The maximum absolute atomic E-state index is 12.2. The highest BCUT2D eigenvalue weighted by molar-refractivity contribution is 7.82. The van der Waals surface area contributed by atoms with Crippen LogP contribution in [0, 0.1) is 12.8 Å². The average Bonchev–Trinajstić information content (AvgIpc) is 3.62. The quantitative estimate of drug-likeness (QED) is 0.219. The smallest absolute Gasteiger partial charge is 0.253 e. The number of allylic oxidation sites excluding steroid dienone is 1. The van der Waals surface area contributed by atoms with Crippen LogP contribution in [0.3, 0.4) is 0 Å². The van der Waals surface area contributed by atoms with Gasteiger partial charge in [-0.05, 0) is 49.1 Å². The molecule has 0 spiro atoms. The third kappa shape index (κ3) is 13.7. The molecular formula is C32H46N4O3S2. The zero-order valence-electron chi connectivity index (χ0n) is 25.7. The van der Waals surface area contributed by atoms with Crippen LogP contribution in [-0.2, 0) is 15.8 Å². The second-order valence-electron chi connectivity index (χ2n) is 9.95. The van der Waals surface area contributed by atoms with Gasteiger partial charge in [0.05, 0.1) is 17.8 Å². The van der Waals surface area contributed by atoms with Gasteiger partial charge in [0.2, 0.25) is 0 Å². The summed E-state index contributed by atoms with van der Waals surface area (Å²) in [7, 11) is -1.20. The molecule has 0 saturated carbocycles. The highest BCUT2D eigenvalue weighted by Gasteiger charge is 2.10. The Hall–Kier alpha value is -3.30. The fourth-order valence-electron chi connectivity index (χ4n) is 2.85. The number of ketones is 1. The van der Waals surface area contributed by atoms with Gasteiger partial charge < -0.3 is 10.6 Å². The second-order valence-corrected chi connectivity index (χ2v) is 12.1. The van der Waals surface area contributed by atoms with Gasteiger partial charge in [0.25, 0.3) is 5.91 Å². The minimum atomic E-state index is -1.20. The minimum absolute atomic E-state index is 0.0101. The summed E-state index contributed by atoms with van der Waals surface area (Å²) in [5, 5.41) is 8.51. The lowest BCUT2D eigenvalue weighted by Crippen LogP contribution is -2.27. The number of aromatic nitrogens is 2. The van der Waals surface area contributed by atoms with Crippen molar-refractivity contribution in [2.75, 3.05) is 18.1 Å². The van der Waals surface area contributed by atoms with E-state index in [1.807, 2.05) is 36.6 Å². The molecule has 224 valence electrons. The molecule has 0 saturated heterocycles. The summed E-state index contributed by atoms with van der Waals surface area (Å²) in [5.41, 5.74) is 4.87. The summed E-state index contributed by atoms with van der Waals surface area (Å²) in [4.78, 5) is 28.0. The molecule has 1 amide bonds. The van der Waals surface area contributed by atoms with Gasteiger partial charge in [-0.25, -0.2) is 9.19 Å². The molecular weight excluding hydrogens is 553 g/mol. The first kappa shape index (κ1) is 35.7. The van der Waals surface area contributed by atoms with Crippen LogP contribution in [0.15, 0.2) is 60.4 Å². The molecule has 1 aromatic carbocycles. The van der Waals surface area contributed by atoms with E-state index in [1.54, 1.807) is 18.3 Å². The molecule has 1 atom stereocenters. The summed E-state index contributed by atoms with van der Waals surface area (Å²) in [5.74, 6) is 0.622. The number of carbonyl (C=O) groups excluding carboxylic acids is 2. The van der Waals surface area contributed by atoms with E-state index in [9.17, 15) is 13.8 Å². The van der Waals surface area contributed by atoms with Crippen LogP contribution in [0.4, 0.5) is 5.13 Å². The van der Waals surface area contributed by atoms with Crippen LogP contribution in [0.25, 0.3) is 17.3 Å². The number of rotatable bonds is 11. The summed E-state index contributed by atoms with van der Waals surface area (Å²) in [6, 6.07) is 7.58. The van der Waals surface area contributed by atoms with E-state index < -0.39 is 11.0 Å². The van der Waals surface area contributed by atoms with E-state index in [1.165, 1.54) is 53.9 Å². The first-order valence-corrected chi connectivity index (χ1v) is 16.3. The Balaban J connectivity index is 0.000000814. The molecule has 3 aromatic rings. The number of hydrogen-bond donors (Lipinski definition) is 2. The summed E-state index contributed by atoms with van der Waals surface area (Å²) in [6.45, 7) is 18.7. The highest BCUT2D eigenvalue weighted by atomic mass is 32.2. The van der Waals surface area contributed by atoms with Crippen LogP contribution in [0.5, 0.6) is 0 Å². The normalized spacial score (nSPS) is 11.2. The molecule has 0 aliphatic heterocycles. The van der Waals surface area contributed by atoms with E-state index in [-0.39, 0.29) is 18.2 Å². The molecule has 0 aliphatic carbocycles. The fraction of sp³-hybridized carbons (Fsp3) is 0.406. The Morgan fingerprint density at radius 2 is 1.83 bits per heavy atom. The van der Waals surface area contributed by atoms with Crippen LogP contribution >= 0.6 is 11.3 Å². The van der Waals surface area contributed by atoms with Gasteiger partial charge in [-0.3, -0.25) is 13.6 Å². The molecule has 7 nitrogen and oxygen atoms in total. The third-order valence-electron chi connectivity index (χ3n) is 5.86. The molecule has 2 N–H and O–H groups in total. The number of amides is 1. The van der Waals surface area contributed by atoms with E-state index in [0.717, 1.165) is 28.3 Å². The number of nitrogens with zero attached hydrogens (tertiary/aromatic N) is 2. The van der Waals surface area contributed by atoms with Gasteiger partial charge in [-0.1, -0.05) is 78.7 Å². The molecule has 0 fully saturated rings. The topological polar surface area (TPSA) is 93.1 Å². The van der Waals surface area contributed by atoms with Crippen molar-refractivity contribution in [2.24, 2.45) is 5.92 Å². The highest BCUT2D eigenvalue weighted by Crippen LogP contribution is 2.27. The van der Waals surface area contributed by atoms with Gasteiger partial charge in [0.15, 0.2) is 10.9 Å². The molecule has 0 aliphatic rings. The molecule has 41 heavy (non-hydrogen) atoms. The number of carbonyl (C=O) groups is 2. The van der Waals surface area contributed by atoms with Crippen LogP contribution in [-0.4, -0.2) is 37.7 Å². The van der Waals surface area contributed by atoms with Gasteiger partial charge in [-0.15, -0.1) is 11.3 Å². The van der Waals surface area contributed by atoms with Gasteiger partial charge in [-0.2, -0.15) is 0 Å². The fourth-order valence-corrected chi connectivity index (χ4v) is 4.11. The average molecular weight is 599 g/mol. The van der Waals surface area contributed by atoms with Crippen molar-refractivity contribution in [3.8, 4) is 11.3 Å². The Morgan fingerprint density at radius 3 is 2.34 bits per heavy atom. The number of nitrogens with one attached hydrogen (secondary N) is 2. The first-order chi connectivity index (χ1) is 19.4. The van der Waals surface area contributed by atoms with Crippen molar-refractivity contribution in [1.29, 1.82) is 0 Å². The Morgan fingerprint density at radius 1 is 1.17 bits per heavy atom.